The van der Waals surface area contributed by atoms with E-state index in [1.54, 1.807) is 6.92 Å². The van der Waals surface area contributed by atoms with Crippen LogP contribution in [0.15, 0.2) is 36.4 Å². The lowest BCUT2D eigenvalue weighted by Gasteiger charge is -2.24. The molecule has 31 heavy (non-hydrogen) atoms. The van der Waals surface area contributed by atoms with Crippen molar-refractivity contribution >= 4 is 11.6 Å². The topological polar surface area (TPSA) is 32.3 Å². The van der Waals surface area contributed by atoms with E-state index in [9.17, 15) is 35.5 Å². The first-order chi connectivity index (χ1) is 14.4. The van der Waals surface area contributed by atoms with Crippen LogP contribution in [0.3, 0.4) is 0 Å². The number of nitrogens with one attached hydrogen (secondary N) is 1. The van der Waals surface area contributed by atoms with Crippen molar-refractivity contribution in [2.45, 2.75) is 38.2 Å². The molecule has 0 aromatic heterocycles. The molecule has 1 aliphatic rings. The summed E-state index contributed by atoms with van der Waals surface area (Å²) in [5.74, 6) is -2.50. The van der Waals surface area contributed by atoms with Crippen LogP contribution in [0.5, 0.6) is 0 Å². The first-order valence-electron chi connectivity index (χ1n) is 9.48. The Hall–Kier alpha value is -2.78. The lowest BCUT2D eigenvalue weighted by Crippen LogP contribution is -2.42. The zero-order chi connectivity index (χ0) is 23.0. The van der Waals surface area contributed by atoms with E-state index in [0.717, 1.165) is 6.07 Å². The highest BCUT2D eigenvalue weighted by molar-refractivity contribution is 5.82. The van der Waals surface area contributed by atoms with Crippen LogP contribution < -0.4 is 5.32 Å². The fourth-order valence-electron chi connectivity index (χ4n) is 3.66. The minimum atomic E-state index is -5.05. The normalized spacial score (nSPS) is 15.8. The largest absolute Gasteiger partial charge is 0.471 e. The maximum absolute atomic E-state index is 13.7. The van der Waals surface area contributed by atoms with Crippen molar-refractivity contribution in [3.05, 3.63) is 64.5 Å². The van der Waals surface area contributed by atoms with E-state index >= 15 is 0 Å². The molecule has 1 atom stereocenters. The summed E-state index contributed by atoms with van der Waals surface area (Å²) in [5, 5.41) is 2.81. The average molecular weight is 448 g/mol. The third kappa shape index (κ3) is 5.11. The number of hydrogen-bond donors (Lipinski definition) is 1. The van der Waals surface area contributed by atoms with Crippen LogP contribution >= 0.6 is 0 Å². The Morgan fingerprint density at radius 2 is 1.58 bits per heavy atom. The van der Waals surface area contributed by atoms with Gasteiger partial charge in [-0.15, -0.1) is 0 Å². The maximum atomic E-state index is 13.7. The van der Waals surface area contributed by atoms with Gasteiger partial charge in [0.25, 0.3) is 0 Å². The maximum Gasteiger partial charge on any atom is 0.471 e. The summed E-state index contributed by atoms with van der Waals surface area (Å²) in [5.41, 5.74) is 0.0223. The number of amides is 1. The van der Waals surface area contributed by atoms with Crippen LogP contribution in [0.25, 0.3) is 0 Å². The van der Waals surface area contributed by atoms with Gasteiger partial charge in [0.15, 0.2) is 0 Å². The molecule has 1 heterocycles. The van der Waals surface area contributed by atoms with E-state index in [1.807, 2.05) is 0 Å². The molecule has 10 heteroatoms. The molecule has 0 aliphatic carbocycles. The second kappa shape index (κ2) is 8.39. The van der Waals surface area contributed by atoms with Gasteiger partial charge in [-0.05, 0) is 54.7 Å². The molecule has 1 amide bonds. The molecule has 0 saturated heterocycles. The quantitative estimate of drug-likeness (QED) is 0.629. The molecule has 0 fully saturated rings. The van der Waals surface area contributed by atoms with Crippen molar-refractivity contribution in [2.24, 2.45) is 0 Å². The number of anilines is 1. The van der Waals surface area contributed by atoms with Gasteiger partial charge in [-0.1, -0.05) is 18.2 Å². The SMILES string of the molecule is C[C@H](Nc1c(C(F)(F)F)ccc2c1CCN(C(=O)C(F)(F)F)CC2)c1ccc(F)cc1. The zero-order valence-electron chi connectivity index (χ0n) is 16.4. The van der Waals surface area contributed by atoms with Gasteiger partial charge in [0.05, 0.1) is 11.3 Å². The van der Waals surface area contributed by atoms with E-state index < -0.39 is 35.7 Å². The summed E-state index contributed by atoms with van der Waals surface area (Å²) in [6.45, 7) is 0.999. The average Bonchev–Trinajstić information content (AvgIpc) is 2.89. The number of carbonyl (C=O) groups is 1. The number of carbonyl (C=O) groups excluding carboxylic acids is 1. The minimum Gasteiger partial charge on any atom is -0.378 e. The van der Waals surface area contributed by atoms with Gasteiger partial charge in [0.2, 0.25) is 0 Å². The van der Waals surface area contributed by atoms with Crippen LogP contribution in [0.2, 0.25) is 0 Å². The Balaban J connectivity index is 1.97. The summed E-state index contributed by atoms with van der Waals surface area (Å²) in [6.07, 6.45) is -9.92. The monoisotopic (exact) mass is 448 g/mol. The van der Waals surface area contributed by atoms with Crippen molar-refractivity contribution < 1.29 is 35.5 Å². The van der Waals surface area contributed by atoms with Crippen LogP contribution in [0.1, 0.15) is 35.2 Å². The molecule has 2 aromatic carbocycles. The molecule has 2 aromatic rings. The van der Waals surface area contributed by atoms with Gasteiger partial charge in [-0.3, -0.25) is 4.79 Å². The Morgan fingerprint density at radius 3 is 2.16 bits per heavy atom. The lowest BCUT2D eigenvalue weighted by atomic mass is 9.95. The number of alkyl halides is 6. The van der Waals surface area contributed by atoms with Crippen LogP contribution in [-0.2, 0) is 23.8 Å². The number of hydrogen-bond acceptors (Lipinski definition) is 2. The van der Waals surface area contributed by atoms with Crippen molar-refractivity contribution in [3.63, 3.8) is 0 Å². The van der Waals surface area contributed by atoms with Crippen molar-refractivity contribution in [3.8, 4) is 0 Å². The lowest BCUT2D eigenvalue weighted by molar-refractivity contribution is -0.185. The van der Waals surface area contributed by atoms with Crippen LogP contribution in [0, 0.1) is 5.82 Å². The van der Waals surface area contributed by atoms with E-state index in [0.29, 0.717) is 16.0 Å². The number of rotatable bonds is 3. The number of halogens is 7. The molecule has 3 rings (SSSR count). The third-order valence-electron chi connectivity index (χ3n) is 5.26. The minimum absolute atomic E-state index is 0.00506. The summed E-state index contributed by atoms with van der Waals surface area (Å²) in [7, 11) is 0. The van der Waals surface area contributed by atoms with Gasteiger partial charge >= 0.3 is 18.3 Å². The van der Waals surface area contributed by atoms with Gasteiger partial charge in [-0.25, -0.2) is 4.39 Å². The predicted octanol–water partition coefficient (Wildman–Crippen LogP) is 5.51. The number of benzene rings is 2. The first-order valence-corrected chi connectivity index (χ1v) is 9.48. The highest BCUT2D eigenvalue weighted by Gasteiger charge is 2.43. The van der Waals surface area contributed by atoms with Crippen LogP contribution in [0.4, 0.5) is 36.4 Å². The van der Waals surface area contributed by atoms with Crippen LogP contribution in [-0.4, -0.2) is 30.1 Å². The smallest absolute Gasteiger partial charge is 0.378 e. The van der Waals surface area contributed by atoms with Gasteiger partial charge < -0.3 is 10.2 Å². The van der Waals surface area contributed by atoms with Gasteiger partial charge in [0, 0.05) is 19.1 Å². The Kier molecular flexibility index (Phi) is 6.20. The van der Waals surface area contributed by atoms with Gasteiger partial charge in [0.1, 0.15) is 5.82 Å². The first kappa shape index (κ1) is 22.9. The summed E-state index contributed by atoms with van der Waals surface area (Å²) >= 11 is 0. The molecular weight excluding hydrogens is 429 g/mol. The standard InChI is InChI=1S/C21H19F7N2O/c1-12(13-2-5-15(22)6-3-13)29-18-16-9-11-30(19(31)21(26,27)28)10-8-14(16)4-7-17(18)20(23,24)25/h2-7,12,29H,8-11H2,1H3/t12-/m0/s1. The zero-order valence-corrected chi connectivity index (χ0v) is 16.4. The fourth-order valence-corrected chi connectivity index (χ4v) is 3.66. The second-order valence-electron chi connectivity index (χ2n) is 7.33. The number of nitrogens with zero attached hydrogens (tertiary/aromatic N) is 1. The van der Waals surface area contributed by atoms with E-state index in [4.69, 9.17) is 0 Å². The Morgan fingerprint density at radius 1 is 0.968 bits per heavy atom. The molecule has 0 saturated carbocycles. The molecule has 0 unspecified atom stereocenters. The molecule has 3 nitrogen and oxygen atoms in total. The van der Waals surface area contributed by atoms with E-state index in [2.05, 4.69) is 5.32 Å². The molecule has 0 radical (unpaired) electrons. The molecule has 0 bridgehead atoms. The van der Waals surface area contributed by atoms with Crippen molar-refractivity contribution in [1.82, 2.24) is 4.90 Å². The predicted molar refractivity (Wildman–Crippen MR) is 99.9 cm³/mol. The number of fused-ring (bicyclic) bond motifs is 1. The highest BCUT2D eigenvalue weighted by atomic mass is 19.4. The molecule has 168 valence electrons. The van der Waals surface area contributed by atoms with Crippen molar-refractivity contribution in [2.75, 3.05) is 18.4 Å². The molecule has 1 N–H and O–H groups in total. The molecule has 0 spiro atoms. The van der Waals surface area contributed by atoms with Gasteiger partial charge in [-0.2, -0.15) is 26.3 Å². The Labute approximate surface area is 173 Å². The summed E-state index contributed by atoms with van der Waals surface area (Å²) < 4.78 is 92.6. The fraction of sp³-hybridized carbons (Fsp3) is 0.381. The third-order valence-corrected chi connectivity index (χ3v) is 5.26. The second-order valence-corrected chi connectivity index (χ2v) is 7.33. The van der Waals surface area contributed by atoms with E-state index in [1.165, 1.54) is 30.3 Å². The summed E-state index contributed by atoms with van der Waals surface area (Å²) in [6, 6.07) is 6.74. The highest BCUT2D eigenvalue weighted by Crippen LogP contribution is 2.40. The summed E-state index contributed by atoms with van der Waals surface area (Å²) in [4.78, 5) is 12.2. The van der Waals surface area contributed by atoms with E-state index in [-0.39, 0.29) is 37.2 Å². The molecular formula is C21H19F7N2O. The van der Waals surface area contributed by atoms with Crippen molar-refractivity contribution in [1.29, 1.82) is 0 Å². The molecule has 1 aliphatic heterocycles. The Bertz CT molecular complexity index is 952.